The molecule has 0 bridgehead atoms. The number of rotatable bonds is 6. The average Bonchev–Trinajstić information content (AvgIpc) is 2.68. The molecule has 0 fully saturated rings. The molecule has 3 rings (SSSR count). The summed E-state index contributed by atoms with van der Waals surface area (Å²) in [5.74, 6) is -0.0759. The molecule has 28 heavy (non-hydrogen) atoms. The predicted molar refractivity (Wildman–Crippen MR) is 116 cm³/mol. The van der Waals surface area contributed by atoms with Crippen LogP contribution in [0.5, 0.6) is 5.75 Å². The van der Waals surface area contributed by atoms with E-state index in [4.69, 9.17) is 4.74 Å². The fourth-order valence-corrected chi connectivity index (χ4v) is 3.71. The molecule has 3 aromatic carbocycles. The van der Waals surface area contributed by atoms with Crippen LogP contribution >= 0.6 is 22.6 Å². The number of methoxy groups -OCH3 is 1. The van der Waals surface area contributed by atoms with Crippen molar-refractivity contribution in [3.63, 3.8) is 0 Å². The molecule has 0 aliphatic heterocycles. The summed E-state index contributed by atoms with van der Waals surface area (Å²) in [4.78, 5) is 22.9. The normalized spacial score (nSPS) is 10.9. The van der Waals surface area contributed by atoms with Gasteiger partial charge in [-0.3, -0.25) is 14.9 Å². The molecule has 0 aliphatic rings. The summed E-state index contributed by atoms with van der Waals surface area (Å²) in [7, 11) is 1.38. The second kappa shape index (κ2) is 8.79. The second-order valence-electron chi connectivity index (χ2n) is 5.92. The number of nitrogens with one attached hydrogen (secondary N) is 1. The zero-order valence-corrected chi connectivity index (χ0v) is 17.0. The molecule has 0 unspecified atom stereocenters. The molecule has 3 aromatic rings. The summed E-state index contributed by atoms with van der Waals surface area (Å²) < 4.78 is 5.65. The van der Waals surface area contributed by atoms with Crippen molar-refractivity contribution in [1.29, 1.82) is 0 Å². The van der Waals surface area contributed by atoms with Gasteiger partial charge >= 0.3 is 5.69 Å². The van der Waals surface area contributed by atoms with Crippen molar-refractivity contribution >= 4 is 51.2 Å². The van der Waals surface area contributed by atoms with E-state index in [9.17, 15) is 14.9 Å². The summed E-state index contributed by atoms with van der Waals surface area (Å²) in [6.45, 7) is 0. The van der Waals surface area contributed by atoms with Gasteiger partial charge in [-0.15, -0.1) is 0 Å². The molecular formula is C20H16IN3O4. The van der Waals surface area contributed by atoms with Crippen molar-refractivity contribution in [1.82, 2.24) is 5.43 Å². The predicted octanol–water partition coefficient (Wildman–Crippen LogP) is 4.05. The van der Waals surface area contributed by atoms with Crippen molar-refractivity contribution in [3.05, 3.63) is 79.4 Å². The molecule has 0 saturated heterocycles. The molecule has 8 heteroatoms. The maximum atomic E-state index is 12.2. The quantitative estimate of drug-likeness (QED) is 0.245. The zero-order valence-electron chi connectivity index (χ0n) is 14.9. The number of carbonyl (C=O) groups excluding carboxylic acids is 1. The van der Waals surface area contributed by atoms with Crippen LogP contribution in [-0.2, 0) is 11.2 Å². The third-order valence-electron chi connectivity index (χ3n) is 4.08. The number of nitro benzene ring substituents is 1. The van der Waals surface area contributed by atoms with Gasteiger partial charge < -0.3 is 4.74 Å². The van der Waals surface area contributed by atoms with Gasteiger partial charge in [0.05, 0.1) is 28.2 Å². The highest BCUT2D eigenvalue weighted by Crippen LogP contribution is 2.32. The van der Waals surface area contributed by atoms with Crippen LogP contribution < -0.4 is 10.2 Å². The molecule has 0 radical (unpaired) electrons. The van der Waals surface area contributed by atoms with Crippen molar-refractivity contribution < 1.29 is 14.5 Å². The number of nitro groups is 1. The SMILES string of the molecule is COc1c(I)cc(/C=N\NC(=O)Cc2cccc3ccccc23)cc1[N+](=O)[O-]. The first-order valence-electron chi connectivity index (χ1n) is 8.30. The lowest BCUT2D eigenvalue weighted by Gasteiger charge is -2.06. The fraction of sp³-hybridized carbons (Fsp3) is 0.100. The number of hydrogen-bond acceptors (Lipinski definition) is 5. The van der Waals surface area contributed by atoms with E-state index in [-0.39, 0.29) is 23.8 Å². The average molecular weight is 489 g/mol. The van der Waals surface area contributed by atoms with Gasteiger partial charge in [0.1, 0.15) is 0 Å². The largest absolute Gasteiger partial charge is 0.489 e. The number of fused-ring (bicyclic) bond motifs is 1. The molecular weight excluding hydrogens is 473 g/mol. The minimum absolute atomic E-state index is 0.155. The van der Waals surface area contributed by atoms with Crippen LogP contribution in [0.25, 0.3) is 10.8 Å². The van der Waals surface area contributed by atoms with Crippen molar-refractivity contribution in [2.45, 2.75) is 6.42 Å². The molecule has 1 amide bonds. The highest BCUT2D eigenvalue weighted by Gasteiger charge is 2.19. The van der Waals surface area contributed by atoms with Crippen LogP contribution in [0.15, 0.2) is 59.7 Å². The number of ether oxygens (including phenoxy) is 1. The smallest absolute Gasteiger partial charge is 0.312 e. The molecule has 0 aliphatic carbocycles. The van der Waals surface area contributed by atoms with Gasteiger partial charge in [0, 0.05) is 11.6 Å². The van der Waals surface area contributed by atoms with Crippen LogP contribution in [0, 0.1) is 13.7 Å². The Hall–Kier alpha value is -3.01. The number of hydrogen-bond donors (Lipinski definition) is 1. The lowest BCUT2D eigenvalue weighted by atomic mass is 10.0. The number of amides is 1. The van der Waals surface area contributed by atoms with E-state index in [1.165, 1.54) is 19.4 Å². The number of halogens is 1. The molecule has 0 atom stereocenters. The third kappa shape index (κ3) is 4.45. The highest BCUT2D eigenvalue weighted by atomic mass is 127. The van der Waals surface area contributed by atoms with E-state index in [1.54, 1.807) is 6.07 Å². The van der Waals surface area contributed by atoms with Gasteiger partial charge in [0.15, 0.2) is 0 Å². The topological polar surface area (TPSA) is 93.8 Å². The van der Waals surface area contributed by atoms with Crippen LogP contribution in [0.2, 0.25) is 0 Å². The number of carbonyl (C=O) groups is 1. The number of nitrogens with zero attached hydrogens (tertiary/aromatic N) is 2. The van der Waals surface area contributed by atoms with Gasteiger partial charge in [-0.1, -0.05) is 42.5 Å². The Kier molecular flexibility index (Phi) is 6.19. The van der Waals surface area contributed by atoms with E-state index in [0.29, 0.717) is 9.13 Å². The van der Waals surface area contributed by atoms with Crippen LogP contribution in [0.4, 0.5) is 5.69 Å². The Morgan fingerprint density at radius 1 is 1.25 bits per heavy atom. The van der Waals surface area contributed by atoms with Crippen LogP contribution in [-0.4, -0.2) is 24.2 Å². The minimum atomic E-state index is -0.516. The zero-order chi connectivity index (χ0) is 20.1. The summed E-state index contributed by atoms with van der Waals surface area (Å²) in [5.41, 5.74) is 3.70. The Labute approximate surface area is 174 Å². The Morgan fingerprint density at radius 2 is 2.00 bits per heavy atom. The van der Waals surface area contributed by atoms with Gasteiger partial charge in [-0.25, -0.2) is 5.43 Å². The fourth-order valence-electron chi connectivity index (χ4n) is 2.85. The van der Waals surface area contributed by atoms with Crippen molar-refractivity contribution in [3.8, 4) is 5.75 Å². The van der Waals surface area contributed by atoms with Crippen molar-refractivity contribution in [2.75, 3.05) is 7.11 Å². The molecule has 0 heterocycles. The van der Waals surface area contributed by atoms with Crippen LogP contribution in [0.1, 0.15) is 11.1 Å². The first kappa shape index (κ1) is 19.7. The second-order valence-corrected chi connectivity index (χ2v) is 7.08. The molecule has 0 aromatic heterocycles. The molecule has 142 valence electrons. The van der Waals surface area contributed by atoms with E-state index < -0.39 is 4.92 Å². The number of benzene rings is 3. The molecule has 0 saturated carbocycles. The maximum Gasteiger partial charge on any atom is 0.312 e. The summed E-state index contributed by atoms with van der Waals surface area (Å²) in [5, 5.41) is 17.2. The number of hydrazone groups is 1. The van der Waals surface area contributed by atoms with Gasteiger partial charge in [0.2, 0.25) is 11.7 Å². The Bertz CT molecular complexity index is 1080. The summed E-state index contributed by atoms with van der Waals surface area (Å²) >= 11 is 1.95. The first-order chi connectivity index (χ1) is 13.5. The van der Waals surface area contributed by atoms with Crippen LogP contribution in [0.3, 0.4) is 0 Å². The summed E-state index contributed by atoms with van der Waals surface area (Å²) in [6.07, 6.45) is 1.55. The summed E-state index contributed by atoms with van der Waals surface area (Å²) in [6, 6.07) is 16.7. The van der Waals surface area contributed by atoms with Crippen molar-refractivity contribution in [2.24, 2.45) is 5.10 Å². The minimum Gasteiger partial charge on any atom is -0.489 e. The highest BCUT2D eigenvalue weighted by molar-refractivity contribution is 14.1. The van der Waals surface area contributed by atoms with Gasteiger partial charge in [-0.05, 0) is 45.0 Å². The molecule has 7 nitrogen and oxygen atoms in total. The monoisotopic (exact) mass is 489 g/mol. The van der Waals surface area contributed by atoms with E-state index in [0.717, 1.165) is 16.3 Å². The first-order valence-corrected chi connectivity index (χ1v) is 9.38. The lowest BCUT2D eigenvalue weighted by molar-refractivity contribution is -0.385. The van der Waals surface area contributed by atoms with E-state index in [1.807, 2.05) is 65.1 Å². The standard InChI is InChI=1S/C20H16IN3O4/c1-28-20-17(21)9-13(10-18(20)24(26)27)12-22-23-19(25)11-15-7-4-6-14-5-2-3-8-16(14)15/h2-10,12H,11H2,1H3,(H,23,25)/b22-12-. The van der Waals surface area contributed by atoms with Gasteiger partial charge in [-0.2, -0.15) is 5.10 Å². The maximum absolute atomic E-state index is 12.2. The Balaban J connectivity index is 1.72. The van der Waals surface area contributed by atoms with Gasteiger partial charge in [0.25, 0.3) is 0 Å². The third-order valence-corrected chi connectivity index (χ3v) is 4.88. The van der Waals surface area contributed by atoms with E-state index >= 15 is 0 Å². The Morgan fingerprint density at radius 3 is 2.75 bits per heavy atom. The van der Waals surface area contributed by atoms with E-state index in [2.05, 4.69) is 10.5 Å². The molecule has 1 N–H and O–H groups in total. The molecule has 0 spiro atoms. The lowest BCUT2D eigenvalue weighted by Crippen LogP contribution is -2.19.